The van der Waals surface area contributed by atoms with Crippen molar-refractivity contribution < 1.29 is 9.53 Å². The van der Waals surface area contributed by atoms with Crippen molar-refractivity contribution in [1.82, 2.24) is 5.32 Å². The van der Waals surface area contributed by atoms with Crippen molar-refractivity contribution in [2.45, 2.75) is 33.8 Å². The fourth-order valence-corrected chi connectivity index (χ4v) is 1.38. The fraction of sp³-hybridized carbons (Fsp3) is 0.500. The van der Waals surface area contributed by atoms with Gasteiger partial charge in [0.2, 0.25) is 0 Å². The molecule has 0 saturated heterocycles. The Bertz CT molecular complexity index is 372. The second kappa shape index (κ2) is 6.28. The second-order valence-corrected chi connectivity index (χ2v) is 4.80. The molecule has 1 N–H and O–H groups in total. The van der Waals surface area contributed by atoms with Gasteiger partial charge in [0.25, 0.3) is 5.91 Å². The predicted octanol–water partition coefficient (Wildman–Crippen LogP) is 2.86. The van der Waals surface area contributed by atoms with Crippen LogP contribution in [0.1, 0.15) is 38.1 Å². The molecule has 1 aromatic carbocycles. The van der Waals surface area contributed by atoms with Crippen molar-refractivity contribution >= 4 is 5.91 Å². The van der Waals surface area contributed by atoms with Crippen molar-refractivity contribution in [2.24, 2.45) is 5.92 Å². The van der Waals surface area contributed by atoms with Crippen molar-refractivity contribution in [3.63, 3.8) is 0 Å². The third-order valence-corrected chi connectivity index (χ3v) is 2.14. The van der Waals surface area contributed by atoms with Gasteiger partial charge in [0, 0.05) is 12.1 Å². The minimum Gasteiger partial charge on any atom is -0.491 e. The molecule has 0 unspecified atom stereocenters. The highest BCUT2D eigenvalue weighted by Crippen LogP contribution is 2.14. The van der Waals surface area contributed by atoms with Gasteiger partial charge in [-0.3, -0.25) is 4.79 Å². The first kappa shape index (κ1) is 13.6. The molecule has 94 valence electrons. The van der Waals surface area contributed by atoms with Crippen LogP contribution in [0.2, 0.25) is 0 Å². The van der Waals surface area contributed by atoms with Crippen LogP contribution in [0.3, 0.4) is 0 Å². The van der Waals surface area contributed by atoms with E-state index in [4.69, 9.17) is 4.74 Å². The lowest BCUT2D eigenvalue weighted by Gasteiger charge is -2.11. The molecule has 3 nitrogen and oxygen atoms in total. The van der Waals surface area contributed by atoms with Crippen molar-refractivity contribution in [3.05, 3.63) is 29.8 Å². The molecule has 0 aliphatic carbocycles. The summed E-state index contributed by atoms with van der Waals surface area (Å²) in [5.41, 5.74) is 0.642. The van der Waals surface area contributed by atoms with Gasteiger partial charge in [0.05, 0.1) is 6.10 Å². The third kappa shape index (κ3) is 4.89. The lowest BCUT2D eigenvalue weighted by atomic mass is 10.2. The molecular formula is C14H21NO2. The third-order valence-electron chi connectivity index (χ3n) is 2.14. The van der Waals surface area contributed by atoms with Gasteiger partial charge >= 0.3 is 0 Å². The molecule has 0 saturated carbocycles. The Morgan fingerprint density at radius 2 is 2.00 bits per heavy atom. The summed E-state index contributed by atoms with van der Waals surface area (Å²) in [4.78, 5) is 11.8. The van der Waals surface area contributed by atoms with E-state index in [2.05, 4.69) is 19.2 Å². The number of carbonyl (C=O) groups is 1. The molecule has 0 aliphatic rings. The quantitative estimate of drug-likeness (QED) is 0.852. The van der Waals surface area contributed by atoms with E-state index in [0.717, 1.165) is 5.75 Å². The number of rotatable bonds is 5. The standard InChI is InChI=1S/C14H21NO2/c1-10(2)9-15-14(16)12-6-5-7-13(8-12)17-11(3)4/h5-8,10-11H,9H2,1-4H3,(H,15,16). The zero-order valence-electron chi connectivity index (χ0n) is 11.0. The monoisotopic (exact) mass is 235 g/mol. The summed E-state index contributed by atoms with van der Waals surface area (Å²) in [6.45, 7) is 8.75. The zero-order chi connectivity index (χ0) is 12.8. The molecule has 0 aliphatic heterocycles. The van der Waals surface area contributed by atoms with E-state index in [1.54, 1.807) is 12.1 Å². The van der Waals surface area contributed by atoms with Crippen LogP contribution in [-0.2, 0) is 0 Å². The Labute approximate surface area is 103 Å². The Balaban J connectivity index is 2.67. The number of carbonyl (C=O) groups excluding carboxylic acids is 1. The van der Waals surface area contributed by atoms with Gasteiger partial charge in [-0.15, -0.1) is 0 Å². The van der Waals surface area contributed by atoms with Crippen LogP contribution < -0.4 is 10.1 Å². The highest BCUT2D eigenvalue weighted by Gasteiger charge is 2.07. The molecule has 17 heavy (non-hydrogen) atoms. The molecule has 0 aromatic heterocycles. The molecule has 1 rings (SSSR count). The average Bonchev–Trinajstić information content (AvgIpc) is 2.25. The molecule has 3 heteroatoms. The lowest BCUT2D eigenvalue weighted by Crippen LogP contribution is -2.27. The fourth-order valence-electron chi connectivity index (χ4n) is 1.38. The Kier molecular flexibility index (Phi) is 5.01. The summed E-state index contributed by atoms with van der Waals surface area (Å²) in [7, 11) is 0. The number of ether oxygens (including phenoxy) is 1. The van der Waals surface area contributed by atoms with E-state index < -0.39 is 0 Å². The van der Waals surface area contributed by atoms with Crippen molar-refractivity contribution in [2.75, 3.05) is 6.54 Å². The molecule has 0 bridgehead atoms. The van der Waals surface area contributed by atoms with Gasteiger partial charge in [-0.2, -0.15) is 0 Å². The van der Waals surface area contributed by atoms with Gasteiger partial charge in [0.1, 0.15) is 5.75 Å². The van der Waals surface area contributed by atoms with Crippen LogP contribution in [0.15, 0.2) is 24.3 Å². The van der Waals surface area contributed by atoms with E-state index in [0.29, 0.717) is 18.0 Å². The molecule has 1 amide bonds. The molecule has 0 atom stereocenters. The molecule has 0 heterocycles. The number of amides is 1. The first-order valence-electron chi connectivity index (χ1n) is 6.04. The van der Waals surface area contributed by atoms with E-state index in [9.17, 15) is 4.79 Å². The minimum atomic E-state index is -0.0482. The summed E-state index contributed by atoms with van der Waals surface area (Å²) >= 11 is 0. The highest BCUT2D eigenvalue weighted by atomic mass is 16.5. The summed E-state index contributed by atoms with van der Waals surface area (Å²) in [5, 5.41) is 2.88. The summed E-state index contributed by atoms with van der Waals surface area (Å²) < 4.78 is 5.55. The molecular weight excluding hydrogens is 214 g/mol. The Morgan fingerprint density at radius 1 is 1.29 bits per heavy atom. The second-order valence-electron chi connectivity index (χ2n) is 4.80. The largest absolute Gasteiger partial charge is 0.491 e. The first-order valence-corrected chi connectivity index (χ1v) is 6.04. The Hall–Kier alpha value is -1.51. The highest BCUT2D eigenvalue weighted by molar-refractivity contribution is 5.94. The maximum Gasteiger partial charge on any atom is 0.251 e. The van der Waals surface area contributed by atoms with Crippen LogP contribution in [0.5, 0.6) is 5.75 Å². The Morgan fingerprint density at radius 3 is 2.59 bits per heavy atom. The van der Waals surface area contributed by atoms with Crippen molar-refractivity contribution in [1.29, 1.82) is 0 Å². The van der Waals surface area contributed by atoms with Crippen LogP contribution in [0, 0.1) is 5.92 Å². The van der Waals surface area contributed by atoms with Gasteiger partial charge in [-0.25, -0.2) is 0 Å². The van der Waals surface area contributed by atoms with Gasteiger partial charge in [0.15, 0.2) is 0 Å². The predicted molar refractivity (Wildman–Crippen MR) is 69.4 cm³/mol. The topological polar surface area (TPSA) is 38.3 Å². The number of hydrogen-bond acceptors (Lipinski definition) is 2. The maximum atomic E-state index is 11.8. The maximum absolute atomic E-state index is 11.8. The molecule has 1 aromatic rings. The number of nitrogens with one attached hydrogen (secondary N) is 1. The van der Waals surface area contributed by atoms with E-state index in [-0.39, 0.29) is 12.0 Å². The SMILES string of the molecule is CC(C)CNC(=O)c1cccc(OC(C)C)c1. The first-order chi connectivity index (χ1) is 7.99. The van der Waals surface area contributed by atoms with E-state index in [1.165, 1.54) is 0 Å². The lowest BCUT2D eigenvalue weighted by molar-refractivity contribution is 0.0948. The molecule has 0 fully saturated rings. The van der Waals surface area contributed by atoms with Crippen LogP contribution in [0.4, 0.5) is 0 Å². The van der Waals surface area contributed by atoms with Gasteiger partial charge in [-0.1, -0.05) is 19.9 Å². The summed E-state index contributed by atoms with van der Waals surface area (Å²) in [6.07, 6.45) is 0.115. The van der Waals surface area contributed by atoms with Crippen LogP contribution in [0.25, 0.3) is 0 Å². The van der Waals surface area contributed by atoms with Crippen molar-refractivity contribution in [3.8, 4) is 5.75 Å². The van der Waals surface area contributed by atoms with E-state index >= 15 is 0 Å². The molecule has 0 radical (unpaired) electrons. The normalized spacial score (nSPS) is 10.7. The number of hydrogen-bond donors (Lipinski definition) is 1. The smallest absolute Gasteiger partial charge is 0.251 e. The van der Waals surface area contributed by atoms with Gasteiger partial charge < -0.3 is 10.1 Å². The van der Waals surface area contributed by atoms with E-state index in [1.807, 2.05) is 26.0 Å². The number of benzene rings is 1. The van der Waals surface area contributed by atoms with Crippen LogP contribution >= 0.6 is 0 Å². The van der Waals surface area contributed by atoms with Gasteiger partial charge in [-0.05, 0) is 38.0 Å². The zero-order valence-corrected chi connectivity index (χ0v) is 11.0. The van der Waals surface area contributed by atoms with Crippen LogP contribution in [-0.4, -0.2) is 18.6 Å². The summed E-state index contributed by atoms with van der Waals surface area (Å²) in [5.74, 6) is 1.14. The molecule has 0 spiro atoms. The summed E-state index contributed by atoms with van der Waals surface area (Å²) in [6, 6.07) is 7.26. The average molecular weight is 235 g/mol. The minimum absolute atomic E-state index is 0.0482.